The van der Waals surface area contributed by atoms with Crippen molar-refractivity contribution in [2.45, 2.75) is 32.7 Å². The second kappa shape index (κ2) is 5.61. The third-order valence-corrected chi connectivity index (χ3v) is 3.72. The largest absolute Gasteiger partial charge is 0.493 e. The first kappa shape index (κ1) is 13.1. The smallest absolute Gasteiger partial charge is 0.315 e. The molecule has 0 spiro atoms. The fraction of sp³-hybridized carbons (Fsp3) is 0.533. The van der Waals surface area contributed by atoms with Gasteiger partial charge >= 0.3 is 6.03 Å². The number of nitrogens with one attached hydrogen (secondary N) is 2. The Morgan fingerprint density at radius 1 is 1.25 bits per heavy atom. The highest BCUT2D eigenvalue weighted by molar-refractivity contribution is 5.74. The Morgan fingerprint density at radius 3 is 2.95 bits per heavy atom. The number of hydrogen-bond donors (Lipinski definition) is 2. The molecule has 0 unspecified atom stereocenters. The summed E-state index contributed by atoms with van der Waals surface area (Å²) in [4.78, 5) is 11.7. The van der Waals surface area contributed by atoms with Crippen molar-refractivity contribution in [1.29, 1.82) is 0 Å². The molecular weight excluding hydrogens is 256 g/mol. The maximum absolute atomic E-state index is 11.7. The number of urea groups is 1. The summed E-state index contributed by atoms with van der Waals surface area (Å²) in [7, 11) is 0. The van der Waals surface area contributed by atoms with Crippen molar-refractivity contribution in [2.24, 2.45) is 0 Å². The molecule has 0 radical (unpaired) electrons. The molecule has 0 bridgehead atoms. The lowest BCUT2D eigenvalue weighted by molar-refractivity contribution is 0.240. The van der Waals surface area contributed by atoms with E-state index in [2.05, 4.69) is 16.7 Å². The Morgan fingerprint density at radius 2 is 2.10 bits per heavy atom. The van der Waals surface area contributed by atoms with Gasteiger partial charge in [-0.3, -0.25) is 0 Å². The summed E-state index contributed by atoms with van der Waals surface area (Å²) in [5.41, 5.74) is 3.46. The number of amides is 2. The summed E-state index contributed by atoms with van der Waals surface area (Å²) in [5.74, 6) is 1.91. The van der Waals surface area contributed by atoms with Crippen molar-refractivity contribution in [3.63, 3.8) is 0 Å². The van der Waals surface area contributed by atoms with Crippen molar-refractivity contribution in [3.05, 3.63) is 22.8 Å². The molecule has 2 amide bonds. The summed E-state index contributed by atoms with van der Waals surface area (Å²) in [5, 5.41) is 5.72. The first-order chi connectivity index (χ1) is 9.79. The number of hydrogen-bond acceptors (Lipinski definition) is 3. The molecule has 0 aromatic heterocycles. The van der Waals surface area contributed by atoms with Crippen LogP contribution in [0.4, 0.5) is 4.79 Å². The van der Waals surface area contributed by atoms with Gasteiger partial charge in [-0.05, 0) is 12.5 Å². The molecule has 2 aliphatic rings. The van der Waals surface area contributed by atoms with Crippen LogP contribution in [0.25, 0.3) is 0 Å². The third kappa shape index (κ3) is 2.40. The molecule has 0 saturated carbocycles. The second-order valence-corrected chi connectivity index (χ2v) is 5.13. The lowest BCUT2D eigenvalue weighted by Gasteiger charge is -2.14. The third-order valence-electron chi connectivity index (χ3n) is 3.72. The minimum atomic E-state index is -0.130. The van der Waals surface area contributed by atoms with Crippen LogP contribution in [0.5, 0.6) is 11.5 Å². The van der Waals surface area contributed by atoms with E-state index in [1.54, 1.807) is 0 Å². The van der Waals surface area contributed by atoms with Gasteiger partial charge in [-0.2, -0.15) is 0 Å². The fourth-order valence-electron chi connectivity index (χ4n) is 2.74. The van der Waals surface area contributed by atoms with Gasteiger partial charge in [0.05, 0.1) is 13.2 Å². The quantitative estimate of drug-likeness (QED) is 0.881. The van der Waals surface area contributed by atoms with Crippen molar-refractivity contribution in [2.75, 3.05) is 19.8 Å². The number of ether oxygens (including phenoxy) is 2. The highest BCUT2D eigenvalue weighted by Crippen LogP contribution is 2.40. The zero-order valence-corrected chi connectivity index (χ0v) is 11.8. The molecule has 0 fully saturated rings. The van der Waals surface area contributed by atoms with Gasteiger partial charge < -0.3 is 20.1 Å². The van der Waals surface area contributed by atoms with Gasteiger partial charge in [-0.1, -0.05) is 6.92 Å². The number of carbonyl (C=O) groups is 1. The van der Waals surface area contributed by atoms with E-state index in [1.807, 2.05) is 6.92 Å². The molecule has 2 heterocycles. The highest BCUT2D eigenvalue weighted by Gasteiger charge is 2.26. The predicted molar refractivity (Wildman–Crippen MR) is 75.4 cm³/mol. The average molecular weight is 276 g/mol. The van der Waals surface area contributed by atoms with Crippen LogP contribution in [0.3, 0.4) is 0 Å². The fourth-order valence-corrected chi connectivity index (χ4v) is 2.74. The summed E-state index contributed by atoms with van der Waals surface area (Å²) in [6.07, 6.45) is 2.74. The first-order valence-corrected chi connectivity index (χ1v) is 7.24. The topological polar surface area (TPSA) is 59.6 Å². The van der Waals surface area contributed by atoms with Gasteiger partial charge in [0.25, 0.3) is 0 Å². The molecule has 5 nitrogen and oxygen atoms in total. The Balaban J connectivity index is 1.77. The number of fused-ring (bicyclic) bond motifs is 2. The van der Waals surface area contributed by atoms with Gasteiger partial charge in [0.15, 0.2) is 0 Å². The van der Waals surface area contributed by atoms with E-state index in [4.69, 9.17) is 9.47 Å². The Bertz CT molecular complexity index is 496. The van der Waals surface area contributed by atoms with E-state index in [0.717, 1.165) is 36.3 Å². The minimum absolute atomic E-state index is 0.130. The average Bonchev–Trinajstić information content (AvgIpc) is 3.09. The van der Waals surface area contributed by atoms with E-state index < -0.39 is 0 Å². The van der Waals surface area contributed by atoms with Crippen LogP contribution in [-0.2, 0) is 19.4 Å². The van der Waals surface area contributed by atoms with Gasteiger partial charge in [-0.15, -0.1) is 0 Å². The number of benzene rings is 1. The van der Waals surface area contributed by atoms with Gasteiger partial charge in [0.1, 0.15) is 11.5 Å². The van der Waals surface area contributed by atoms with E-state index in [9.17, 15) is 4.79 Å². The van der Waals surface area contributed by atoms with E-state index in [0.29, 0.717) is 26.3 Å². The normalized spacial score (nSPS) is 15.1. The maximum atomic E-state index is 11.7. The molecule has 108 valence electrons. The molecule has 3 rings (SSSR count). The molecule has 0 aliphatic carbocycles. The van der Waals surface area contributed by atoms with Crippen LogP contribution < -0.4 is 20.1 Å². The molecule has 0 saturated heterocycles. The molecular formula is C15H20N2O3. The Labute approximate surface area is 118 Å². The summed E-state index contributed by atoms with van der Waals surface area (Å²) >= 11 is 0. The van der Waals surface area contributed by atoms with Crippen LogP contribution in [-0.4, -0.2) is 25.8 Å². The second-order valence-electron chi connectivity index (χ2n) is 5.13. The zero-order chi connectivity index (χ0) is 13.9. The molecule has 2 N–H and O–H groups in total. The van der Waals surface area contributed by atoms with Gasteiger partial charge in [0.2, 0.25) is 0 Å². The Hall–Kier alpha value is -1.91. The number of carbonyl (C=O) groups excluding carboxylic acids is 1. The van der Waals surface area contributed by atoms with Crippen LogP contribution in [0.15, 0.2) is 6.07 Å². The molecule has 1 aromatic carbocycles. The van der Waals surface area contributed by atoms with Crippen molar-refractivity contribution in [3.8, 4) is 11.5 Å². The standard InChI is InChI=1S/C15H20N2O3/c1-2-5-16-15(18)17-9-12-11-4-7-19-13(11)8-10-3-6-20-14(10)12/h8H,2-7,9H2,1H3,(H2,16,17,18). The van der Waals surface area contributed by atoms with Crippen molar-refractivity contribution < 1.29 is 14.3 Å². The van der Waals surface area contributed by atoms with Crippen LogP contribution in [0.2, 0.25) is 0 Å². The molecule has 2 aliphatic heterocycles. The van der Waals surface area contributed by atoms with Crippen molar-refractivity contribution >= 4 is 6.03 Å². The van der Waals surface area contributed by atoms with Crippen LogP contribution in [0.1, 0.15) is 30.0 Å². The van der Waals surface area contributed by atoms with E-state index in [-0.39, 0.29) is 6.03 Å². The SMILES string of the molecule is CCCNC(=O)NCc1c2c(cc3c1OCC3)OCC2. The van der Waals surface area contributed by atoms with Crippen molar-refractivity contribution in [1.82, 2.24) is 10.6 Å². The Kier molecular flexibility index (Phi) is 3.67. The summed E-state index contributed by atoms with van der Waals surface area (Å²) < 4.78 is 11.4. The van der Waals surface area contributed by atoms with Gasteiger partial charge in [-0.25, -0.2) is 4.79 Å². The molecule has 0 atom stereocenters. The monoisotopic (exact) mass is 276 g/mol. The molecule has 5 heteroatoms. The van der Waals surface area contributed by atoms with E-state index in [1.165, 1.54) is 11.1 Å². The van der Waals surface area contributed by atoms with E-state index >= 15 is 0 Å². The lowest BCUT2D eigenvalue weighted by atomic mass is 9.99. The minimum Gasteiger partial charge on any atom is -0.493 e. The molecule has 20 heavy (non-hydrogen) atoms. The first-order valence-electron chi connectivity index (χ1n) is 7.24. The van der Waals surface area contributed by atoms with Gasteiger partial charge in [0, 0.05) is 42.6 Å². The van der Waals surface area contributed by atoms with Crippen LogP contribution in [0, 0.1) is 0 Å². The predicted octanol–water partition coefficient (Wildman–Crippen LogP) is 1.77. The molecule has 1 aromatic rings. The zero-order valence-electron chi connectivity index (χ0n) is 11.8. The lowest BCUT2D eigenvalue weighted by Crippen LogP contribution is -2.35. The summed E-state index contributed by atoms with van der Waals surface area (Å²) in [6, 6.07) is 1.96. The summed E-state index contributed by atoms with van der Waals surface area (Å²) in [6.45, 7) is 4.64. The van der Waals surface area contributed by atoms with Crippen LogP contribution >= 0.6 is 0 Å². The highest BCUT2D eigenvalue weighted by atomic mass is 16.5. The number of rotatable bonds is 4. The maximum Gasteiger partial charge on any atom is 0.315 e.